The van der Waals surface area contributed by atoms with Crippen molar-refractivity contribution in [3.63, 3.8) is 0 Å². The highest BCUT2D eigenvalue weighted by Crippen LogP contribution is 2.46. The number of hydrogen-bond donors (Lipinski definition) is 1. The summed E-state index contributed by atoms with van der Waals surface area (Å²) in [5, 5.41) is 12.1. The van der Waals surface area contributed by atoms with Crippen molar-refractivity contribution in [3.05, 3.63) is 15.6 Å². The SMILES string of the molecule is CC1(C)Cc2nc(C3CSCCS3)sc2C(O)C1. The van der Waals surface area contributed by atoms with Gasteiger partial charge in [0, 0.05) is 17.3 Å². The summed E-state index contributed by atoms with van der Waals surface area (Å²) in [6.45, 7) is 4.45. The van der Waals surface area contributed by atoms with Gasteiger partial charge in [0.25, 0.3) is 0 Å². The van der Waals surface area contributed by atoms with Crippen molar-refractivity contribution < 1.29 is 5.11 Å². The Morgan fingerprint density at radius 2 is 2.17 bits per heavy atom. The van der Waals surface area contributed by atoms with Crippen LogP contribution in [0.4, 0.5) is 0 Å². The number of aliphatic hydroxyl groups excluding tert-OH is 1. The third kappa shape index (κ3) is 2.60. The molecule has 2 heterocycles. The molecular formula is C13H19NOS3. The summed E-state index contributed by atoms with van der Waals surface area (Å²) in [4.78, 5) is 5.98. The fourth-order valence-corrected chi connectivity index (χ4v) is 6.73. The standard InChI is InChI=1S/C13H19NOS3/c1-13(2)5-8-11(9(15)6-13)18-12(14-8)10-7-16-3-4-17-10/h9-10,15H,3-7H2,1-2H3. The summed E-state index contributed by atoms with van der Waals surface area (Å²) in [6.07, 6.45) is 1.59. The molecule has 0 spiro atoms. The first-order valence-corrected chi connectivity index (χ1v) is 9.44. The lowest BCUT2D eigenvalue weighted by molar-refractivity contribution is 0.102. The number of aliphatic hydroxyl groups is 1. The molecule has 18 heavy (non-hydrogen) atoms. The highest BCUT2D eigenvalue weighted by Gasteiger charge is 2.35. The fourth-order valence-electron chi connectivity index (χ4n) is 2.68. The number of hydrogen-bond acceptors (Lipinski definition) is 5. The lowest BCUT2D eigenvalue weighted by Gasteiger charge is -2.31. The Labute approximate surface area is 121 Å². The van der Waals surface area contributed by atoms with Crippen LogP contribution >= 0.6 is 34.9 Å². The molecule has 100 valence electrons. The number of thiazole rings is 1. The monoisotopic (exact) mass is 301 g/mol. The van der Waals surface area contributed by atoms with E-state index in [1.54, 1.807) is 11.3 Å². The second kappa shape index (κ2) is 5.00. The van der Waals surface area contributed by atoms with E-state index >= 15 is 0 Å². The molecule has 1 saturated heterocycles. The molecule has 0 amide bonds. The Kier molecular flexibility index (Phi) is 3.69. The van der Waals surface area contributed by atoms with Crippen molar-refractivity contribution in [2.24, 2.45) is 5.41 Å². The van der Waals surface area contributed by atoms with Gasteiger partial charge in [-0.15, -0.1) is 23.1 Å². The molecule has 0 radical (unpaired) electrons. The lowest BCUT2D eigenvalue weighted by Crippen LogP contribution is -2.24. The molecule has 2 atom stereocenters. The third-order valence-corrected chi connectivity index (χ3v) is 7.76. The second-order valence-corrected chi connectivity index (χ2v) is 9.38. The summed E-state index contributed by atoms with van der Waals surface area (Å²) in [6, 6.07) is 0. The summed E-state index contributed by atoms with van der Waals surface area (Å²) < 4.78 is 0. The summed E-state index contributed by atoms with van der Waals surface area (Å²) in [7, 11) is 0. The lowest BCUT2D eigenvalue weighted by atomic mass is 9.77. The normalized spacial score (nSPS) is 31.1. The quantitative estimate of drug-likeness (QED) is 0.858. The Morgan fingerprint density at radius 3 is 2.89 bits per heavy atom. The first-order chi connectivity index (χ1) is 8.55. The maximum Gasteiger partial charge on any atom is 0.107 e. The maximum absolute atomic E-state index is 10.3. The van der Waals surface area contributed by atoms with Gasteiger partial charge in [0.15, 0.2) is 0 Å². The average molecular weight is 302 g/mol. The van der Waals surface area contributed by atoms with Crippen LogP contribution in [0.25, 0.3) is 0 Å². The Hall–Kier alpha value is 0.290. The number of fused-ring (bicyclic) bond motifs is 1. The molecule has 0 bridgehead atoms. The van der Waals surface area contributed by atoms with Crippen LogP contribution in [0.15, 0.2) is 0 Å². The van der Waals surface area contributed by atoms with Gasteiger partial charge in [-0.2, -0.15) is 11.8 Å². The topological polar surface area (TPSA) is 33.1 Å². The van der Waals surface area contributed by atoms with Crippen molar-refractivity contribution in [1.82, 2.24) is 4.98 Å². The van der Waals surface area contributed by atoms with E-state index in [0.717, 1.165) is 23.4 Å². The van der Waals surface area contributed by atoms with Gasteiger partial charge in [-0.3, -0.25) is 0 Å². The molecule has 1 aromatic rings. The molecule has 3 rings (SSSR count). The molecule has 1 fully saturated rings. The summed E-state index contributed by atoms with van der Waals surface area (Å²) in [5.74, 6) is 3.67. The molecular weight excluding hydrogens is 282 g/mol. The van der Waals surface area contributed by atoms with Crippen LogP contribution in [0, 0.1) is 5.41 Å². The summed E-state index contributed by atoms with van der Waals surface area (Å²) >= 11 is 5.81. The molecule has 5 heteroatoms. The van der Waals surface area contributed by atoms with Crippen LogP contribution in [-0.4, -0.2) is 27.3 Å². The molecule has 2 nitrogen and oxygen atoms in total. The van der Waals surface area contributed by atoms with Gasteiger partial charge in [-0.05, 0) is 18.3 Å². The Bertz CT molecular complexity index is 437. The zero-order chi connectivity index (χ0) is 12.8. The van der Waals surface area contributed by atoms with E-state index in [4.69, 9.17) is 4.98 Å². The van der Waals surface area contributed by atoms with Gasteiger partial charge < -0.3 is 5.11 Å². The fraction of sp³-hybridized carbons (Fsp3) is 0.769. The largest absolute Gasteiger partial charge is 0.387 e. The number of aromatic nitrogens is 1. The van der Waals surface area contributed by atoms with Crippen LogP contribution in [0.5, 0.6) is 0 Å². The van der Waals surface area contributed by atoms with E-state index in [2.05, 4.69) is 13.8 Å². The van der Waals surface area contributed by atoms with Gasteiger partial charge in [-0.1, -0.05) is 13.8 Å². The molecule has 1 N–H and O–H groups in total. The Morgan fingerprint density at radius 1 is 1.33 bits per heavy atom. The van der Waals surface area contributed by atoms with E-state index in [1.807, 2.05) is 23.5 Å². The maximum atomic E-state index is 10.3. The van der Waals surface area contributed by atoms with Crippen LogP contribution < -0.4 is 0 Å². The highest BCUT2D eigenvalue weighted by molar-refractivity contribution is 8.06. The predicted molar refractivity (Wildman–Crippen MR) is 81.7 cm³/mol. The van der Waals surface area contributed by atoms with Crippen LogP contribution in [0.3, 0.4) is 0 Å². The van der Waals surface area contributed by atoms with Gasteiger partial charge in [0.2, 0.25) is 0 Å². The van der Waals surface area contributed by atoms with Crippen molar-refractivity contribution in [1.29, 1.82) is 0 Å². The first-order valence-electron chi connectivity index (χ1n) is 6.42. The Balaban J connectivity index is 1.87. The molecule has 2 aliphatic rings. The molecule has 0 saturated carbocycles. The van der Waals surface area contributed by atoms with E-state index in [-0.39, 0.29) is 11.5 Å². The van der Waals surface area contributed by atoms with Crippen molar-refractivity contribution in [2.75, 3.05) is 17.3 Å². The molecule has 1 aliphatic heterocycles. The van der Waals surface area contributed by atoms with Crippen molar-refractivity contribution in [3.8, 4) is 0 Å². The molecule has 0 aromatic carbocycles. The van der Waals surface area contributed by atoms with Crippen LogP contribution in [0.1, 0.15) is 47.2 Å². The van der Waals surface area contributed by atoms with E-state index in [0.29, 0.717) is 5.25 Å². The number of thioether (sulfide) groups is 2. The minimum atomic E-state index is -0.295. The highest BCUT2D eigenvalue weighted by atomic mass is 32.2. The zero-order valence-corrected chi connectivity index (χ0v) is 13.3. The average Bonchev–Trinajstić information content (AvgIpc) is 2.72. The summed E-state index contributed by atoms with van der Waals surface area (Å²) in [5.41, 5.74) is 1.35. The van der Waals surface area contributed by atoms with Gasteiger partial charge in [-0.25, -0.2) is 4.98 Å². The number of nitrogens with zero attached hydrogens (tertiary/aromatic N) is 1. The number of rotatable bonds is 1. The van der Waals surface area contributed by atoms with Crippen LogP contribution in [-0.2, 0) is 6.42 Å². The van der Waals surface area contributed by atoms with Gasteiger partial charge in [0.1, 0.15) is 5.01 Å². The molecule has 1 aromatic heterocycles. The first kappa shape index (κ1) is 13.3. The van der Waals surface area contributed by atoms with Crippen molar-refractivity contribution >= 4 is 34.9 Å². The molecule has 2 unspecified atom stereocenters. The third-order valence-electron chi connectivity index (χ3n) is 3.53. The van der Waals surface area contributed by atoms with E-state index < -0.39 is 0 Å². The molecule has 1 aliphatic carbocycles. The second-order valence-electron chi connectivity index (χ2n) is 5.86. The van der Waals surface area contributed by atoms with Gasteiger partial charge in [0.05, 0.1) is 21.9 Å². The smallest absolute Gasteiger partial charge is 0.107 e. The predicted octanol–water partition coefficient (Wildman–Crippen LogP) is 3.67. The minimum absolute atomic E-state index is 0.187. The minimum Gasteiger partial charge on any atom is -0.387 e. The van der Waals surface area contributed by atoms with Crippen LogP contribution in [0.2, 0.25) is 0 Å². The van der Waals surface area contributed by atoms with E-state index in [1.165, 1.54) is 22.3 Å². The zero-order valence-electron chi connectivity index (χ0n) is 10.8. The van der Waals surface area contributed by atoms with Crippen molar-refractivity contribution in [2.45, 2.75) is 38.0 Å². The van der Waals surface area contributed by atoms with Gasteiger partial charge >= 0.3 is 0 Å². The van der Waals surface area contributed by atoms with E-state index in [9.17, 15) is 5.11 Å².